The van der Waals surface area contributed by atoms with Crippen LogP contribution >= 0.6 is 0 Å². The van der Waals surface area contributed by atoms with Gasteiger partial charge in [-0.2, -0.15) is 0 Å². The van der Waals surface area contributed by atoms with Gasteiger partial charge in [-0.3, -0.25) is 4.57 Å². The molecule has 0 radical (unpaired) electrons. The minimum atomic E-state index is -3.37. The molecule has 4 nitrogen and oxygen atoms in total. The first-order valence-electron chi connectivity index (χ1n) is 9.01. The number of hydrogen-bond donors (Lipinski definition) is 1. The Balaban J connectivity index is 1.96. The summed E-state index contributed by atoms with van der Waals surface area (Å²) in [5.74, 6) is -1.16. The predicted molar refractivity (Wildman–Crippen MR) is 111 cm³/mol. The van der Waals surface area contributed by atoms with Crippen molar-refractivity contribution in [1.82, 2.24) is 4.57 Å². The number of sulfone groups is 1. The van der Waals surface area contributed by atoms with Crippen molar-refractivity contribution >= 4 is 9.84 Å². The molecule has 1 aromatic heterocycles. The Morgan fingerprint density at radius 2 is 1.43 bits per heavy atom. The van der Waals surface area contributed by atoms with Gasteiger partial charge in [0.25, 0.3) is 0 Å². The average Bonchev–Trinajstić information content (AvgIpc) is 3.05. The molecule has 0 fully saturated rings. The molecule has 1 N–H and O–H groups in total. The Kier molecular flexibility index (Phi) is 4.91. The Hall–Kier alpha value is -3.45. The molecular formula is C23H17F2NO3S. The SMILES string of the molecule is CS(=O)(=O)c1ccc(-c2cn(-c3ccccc3F)c(O)c2-c2ccc(F)cc2)cc1. The van der Waals surface area contributed by atoms with E-state index in [0.29, 0.717) is 22.3 Å². The summed E-state index contributed by atoms with van der Waals surface area (Å²) >= 11 is 0. The van der Waals surface area contributed by atoms with E-state index in [-0.39, 0.29) is 16.5 Å². The zero-order chi connectivity index (χ0) is 21.5. The molecule has 0 atom stereocenters. The molecule has 0 aliphatic rings. The van der Waals surface area contributed by atoms with Crippen LogP contribution < -0.4 is 0 Å². The molecule has 0 unspecified atom stereocenters. The summed E-state index contributed by atoms with van der Waals surface area (Å²) in [6.45, 7) is 0. The molecule has 7 heteroatoms. The molecule has 1 heterocycles. The second-order valence-electron chi connectivity index (χ2n) is 6.87. The van der Waals surface area contributed by atoms with E-state index >= 15 is 0 Å². The Morgan fingerprint density at radius 3 is 2.03 bits per heavy atom. The molecule has 0 saturated heterocycles. The zero-order valence-corrected chi connectivity index (χ0v) is 16.7. The second kappa shape index (κ2) is 7.42. The van der Waals surface area contributed by atoms with Gasteiger partial charge in [-0.15, -0.1) is 0 Å². The fourth-order valence-corrected chi connectivity index (χ4v) is 3.96. The van der Waals surface area contributed by atoms with E-state index in [1.54, 1.807) is 30.5 Å². The zero-order valence-electron chi connectivity index (χ0n) is 15.9. The molecule has 152 valence electrons. The van der Waals surface area contributed by atoms with Crippen LogP contribution in [0.4, 0.5) is 8.78 Å². The van der Waals surface area contributed by atoms with Crippen LogP contribution in [0.15, 0.2) is 83.9 Å². The molecule has 0 aliphatic heterocycles. The number of benzene rings is 3. The number of rotatable bonds is 4. The summed E-state index contributed by atoms with van der Waals surface area (Å²) in [6, 6.07) is 17.8. The Bertz CT molecular complexity index is 1330. The van der Waals surface area contributed by atoms with Gasteiger partial charge in [0.05, 0.1) is 16.1 Å². The van der Waals surface area contributed by atoms with E-state index in [1.165, 1.54) is 53.1 Å². The molecule has 0 saturated carbocycles. The van der Waals surface area contributed by atoms with E-state index in [0.717, 1.165) is 6.26 Å². The molecule has 4 aromatic rings. The van der Waals surface area contributed by atoms with E-state index in [1.807, 2.05) is 0 Å². The summed E-state index contributed by atoms with van der Waals surface area (Å²) in [4.78, 5) is 0.160. The minimum Gasteiger partial charge on any atom is -0.494 e. The summed E-state index contributed by atoms with van der Waals surface area (Å²) in [7, 11) is -3.37. The van der Waals surface area contributed by atoms with Crippen LogP contribution in [0.1, 0.15) is 0 Å². The number of aromatic nitrogens is 1. The van der Waals surface area contributed by atoms with Crippen molar-refractivity contribution in [3.05, 3.63) is 90.6 Å². The fraction of sp³-hybridized carbons (Fsp3) is 0.0435. The normalized spacial score (nSPS) is 11.6. The van der Waals surface area contributed by atoms with Crippen LogP contribution in [0.5, 0.6) is 5.88 Å². The number of para-hydroxylation sites is 1. The van der Waals surface area contributed by atoms with Gasteiger partial charge in [0.2, 0.25) is 5.88 Å². The number of hydrogen-bond acceptors (Lipinski definition) is 3. The topological polar surface area (TPSA) is 59.3 Å². The first-order chi connectivity index (χ1) is 14.3. The second-order valence-corrected chi connectivity index (χ2v) is 8.88. The Morgan fingerprint density at radius 1 is 0.833 bits per heavy atom. The lowest BCUT2D eigenvalue weighted by Gasteiger charge is -2.08. The highest BCUT2D eigenvalue weighted by molar-refractivity contribution is 7.90. The third-order valence-corrected chi connectivity index (χ3v) is 5.95. The Labute approximate surface area is 172 Å². The van der Waals surface area contributed by atoms with Crippen molar-refractivity contribution < 1.29 is 22.3 Å². The van der Waals surface area contributed by atoms with Gasteiger partial charge in [-0.05, 0) is 47.5 Å². The number of nitrogens with zero attached hydrogens (tertiary/aromatic N) is 1. The molecular weight excluding hydrogens is 408 g/mol. The third-order valence-electron chi connectivity index (χ3n) is 4.82. The average molecular weight is 425 g/mol. The van der Waals surface area contributed by atoms with Crippen molar-refractivity contribution in [2.24, 2.45) is 0 Å². The quantitative estimate of drug-likeness (QED) is 0.489. The van der Waals surface area contributed by atoms with Gasteiger partial charge in [0, 0.05) is 18.0 Å². The molecule has 0 aliphatic carbocycles. The molecule has 0 spiro atoms. The van der Waals surface area contributed by atoms with Crippen LogP contribution in [0.2, 0.25) is 0 Å². The van der Waals surface area contributed by atoms with Crippen LogP contribution in [-0.4, -0.2) is 24.3 Å². The first kappa shape index (κ1) is 19.8. The van der Waals surface area contributed by atoms with Gasteiger partial charge in [0.1, 0.15) is 11.6 Å². The monoisotopic (exact) mass is 425 g/mol. The molecule has 0 bridgehead atoms. The van der Waals surface area contributed by atoms with Gasteiger partial charge in [-0.1, -0.05) is 36.4 Å². The smallest absolute Gasteiger partial charge is 0.204 e. The number of halogens is 2. The van der Waals surface area contributed by atoms with Crippen LogP contribution in [-0.2, 0) is 9.84 Å². The minimum absolute atomic E-state index is 0.150. The maximum absolute atomic E-state index is 14.4. The highest BCUT2D eigenvalue weighted by Gasteiger charge is 2.21. The van der Waals surface area contributed by atoms with Crippen molar-refractivity contribution in [2.75, 3.05) is 6.26 Å². The van der Waals surface area contributed by atoms with Crippen molar-refractivity contribution in [1.29, 1.82) is 0 Å². The lowest BCUT2D eigenvalue weighted by Crippen LogP contribution is -1.96. The lowest BCUT2D eigenvalue weighted by molar-refractivity contribution is 0.442. The molecule has 30 heavy (non-hydrogen) atoms. The van der Waals surface area contributed by atoms with E-state index in [2.05, 4.69) is 0 Å². The summed E-state index contributed by atoms with van der Waals surface area (Å²) in [5, 5.41) is 11.0. The van der Waals surface area contributed by atoms with Gasteiger partial charge in [0.15, 0.2) is 9.84 Å². The number of aromatic hydroxyl groups is 1. The fourth-order valence-electron chi connectivity index (χ4n) is 3.33. The van der Waals surface area contributed by atoms with Gasteiger partial charge >= 0.3 is 0 Å². The lowest BCUT2D eigenvalue weighted by atomic mass is 9.99. The van der Waals surface area contributed by atoms with E-state index < -0.39 is 21.5 Å². The van der Waals surface area contributed by atoms with E-state index in [4.69, 9.17) is 0 Å². The molecule has 0 amide bonds. The highest BCUT2D eigenvalue weighted by Crippen LogP contribution is 2.42. The van der Waals surface area contributed by atoms with Crippen LogP contribution in [0.3, 0.4) is 0 Å². The predicted octanol–water partition coefficient (Wildman–Crippen LogP) is 5.20. The maximum Gasteiger partial charge on any atom is 0.204 e. The largest absolute Gasteiger partial charge is 0.494 e. The molecule has 3 aromatic carbocycles. The van der Waals surface area contributed by atoms with Crippen LogP contribution in [0.25, 0.3) is 27.9 Å². The van der Waals surface area contributed by atoms with Gasteiger partial charge in [-0.25, -0.2) is 17.2 Å². The standard InChI is InChI=1S/C23H17F2NO3S/c1-30(28,29)18-12-8-15(9-13-18)19-14-26(21-5-3-2-4-20(21)25)23(27)22(19)16-6-10-17(24)11-7-16/h2-14,27H,1H3. The highest BCUT2D eigenvalue weighted by atomic mass is 32.2. The third kappa shape index (κ3) is 3.59. The van der Waals surface area contributed by atoms with Crippen LogP contribution in [0, 0.1) is 11.6 Å². The van der Waals surface area contributed by atoms with Crippen molar-refractivity contribution in [2.45, 2.75) is 4.90 Å². The van der Waals surface area contributed by atoms with Crippen molar-refractivity contribution in [3.8, 4) is 33.8 Å². The molecule has 4 rings (SSSR count). The van der Waals surface area contributed by atoms with Crippen molar-refractivity contribution in [3.63, 3.8) is 0 Å². The maximum atomic E-state index is 14.4. The summed E-state index contributed by atoms with van der Waals surface area (Å²) in [5.41, 5.74) is 2.23. The summed E-state index contributed by atoms with van der Waals surface area (Å²) in [6.07, 6.45) is 2.69. The summed E-state index contributed by atoms with van der Waals surface area (Å²) < 4.78 is 52.7. The first-order valence-corrected chi connectivity index (χ1v) is 10.9. The van der Waals surface area contributed by atoms with E-state index in [9.17, 15) is 22.3 Å². The van der Waals surface area contributed by atoms with Gasteiger partial charge < -0.3 is 5.11 Å².